The first kappa shape index (κ1) is 11.9. The number of benzene rings is 1. The third-order valence-electron chi connectivity index (χ3n) is 2.20. The normalized spacial score (nSPS) is 11.5. The van der Waals surface area contributed by atoms with Crippen molar-refractivity contribution in [1.82, 2.24) is 0 Å². The second kappa shape index (κ2) is 3.77. The van der Waals surface area contributed by atoms with Gasteiger partial charge in [-0.05, 0) is 26.0 Å². The molecule has 2 nitrogen and oxygen atoms in total. The second-order valence-electron chi connectivity index (χ2n) is 3.65. The van der Waals surface area contributed by atoms with Crippen LogP contribution in [0.15, 0.2) is 12.1 Å². The lowest BCUT2D eigenvalue weighted by Gasteiger charge is -2.21. The van der Waals surface area contributed by atoms with Gasteiger partial charge in [-0.25, -0.2) is 8.78 Å². The Kier molecular flexibility index (Phi) is 3.00. The molecule has 0 saturated carbocycles. The molecular formula is C10H9ClF2O2. The fourth-order valence-electron chi connectivity index (χ4n) is 1.21. The molecule has 0 saturated heterocycles. The number of carbonyl (C=O) groups is 1. The fourth-order valence-corrected chi connectivity index (χ4v) is 1.59. The molecule has 0 atom stereocenters. The van der Waals surface area contributed by atoms with E-state index in [9.17, 15) is 13.6 Å². The summed E-state index contributed by atoms with van der Waals surface area (Å²) < 4.78 is 26.3. The molecule has 5 heteroatoms. The van der Waals surface area contributed by atoms with Crippen molar-refractivity contribution >= 4 is 17.6 Å². The zero-order chi connectivity index (χ0) is 11.8. The molecule has 0 aliphatic heterocycles. The Bertz CT molecular complexity index is 416. The first-order valence-corrected chi connectivity index (χ1v) is 4.53. The summed E-state index contributed by atoms with van der Waals surface area (Å²) in [5, 5.41) is 8.79. The average Bonchev–Trinajstić information content (AvgIpc) is 2.11. The highest BCUT2D eigenvalue weighted by molar-refractivity contribution is 6.31. The van der Waals surface area contributed by atoms with Crippen LogP contribution in [-0.2, 0) is 10.2 Å². The van der Waals surface area contributed by atoms with E-state index in [0.29, 0.717) is 0 Å². The Morgan fingerprint density at radius 2 is 1.93 bits per heavy atom. The molecule has 0 amide bonds. The highest BCUT2D eigenvalue weighted by Crippen LogP contribution is 2.33. The molecule has 0 heterocycles. The molecule has 1 rings (SSSR count). The quantitative estimate of drug-likeness (QED) is 0.799. The monoisotopic (exact) mass is 234 g/mol. The number of halogens is 3. The number of aliphatic carboxylic acids is 1. The van der Waals surface area contributed by atoms with E-state index in [2.05, 4.69) is 0 Å². The van der Waals surface area contributed by atoms with Crippen molar-refractivity contribution in [3.8, 4) is 0 Å². The van der Waals surface area contributed by atoms with E-state index >= 15 is 0 Å². The Labute approximate surface area is 90.5 Å². The van der Waals surface area contributed by atoms with Crippen LogP contribution in [0, 0.1) is 11.6 Å². The topological polar surface area (TPSA) is 37.3 Å². The van der Waals surface area contributed by atoms with Gasteiger partial charge in [-0.3, -0.25) is 4.79 Å². The molecule has 1 aromatic carbocycles. The van der Waals surface area contributed by atoms with Gasteiger partial charge in [-0.2, -0.15) is 0 Å². The van der Waals surface area contributed by atoms with Crippen molar-refractivity contribution < 1.29 is 18.7 Å². The minimum Gasteiger partial charge on any atom is -0.481 e. The van der Waals surface area contributed by atoms with Gasteiger partial charge in [0.15, 0.2) is 11.6 Å². The minimum absolute atomic E-state index is 0.0960. The van der Waals surface area contributed by atoms with Gasteiger partial charge in [0.1, 0.15) is 0 Å². The number of hydrogen-bond donors (Lipinski definition) is 1. The van der Waals surface area contributed by atoms with Crippen LogP contribution in [0.3, 0.4) is 0 Å². The standard InChI is InChI=1S/C10H9ClF2O2/c1-10(2,9(14)15)7-5(11)3-4-6(12)8(7)13/h3-4H,1-2H3,(H,14,15). The van der Waals surface area contributed by atoms with Gasteiger partial charge in [0.25, 0.3) is 0 Å². The second-order valence-corrected chi connectivity index (χ2v) is 4.06. The van der Waals surface area contributed by atoms with Gasteiger partial charge in [0.05, 0.1) is 5.41 Å². The van der Waals surface area contributed by atoms with Crippen LogP contribution in [0.1, 0.15) is 19.4 Å². The van der Waals surface area contributed by atoms with Crippen LogP contribution < -0.4 is 0 Å². The van der Waals surface area contributed by atoms with E-state index in [1.165, 1.54) is 13.8 Å². The molecule has 82 valence electrons. The average molecular weight is 235 g/mol. The van der Waals surface area contributed by atoms with E-state index in [0.717, 1.165) is 12.1 Å². The van der Waals surface area contributed by atoms with E-state index in [1.54, 1.807) is 0 Å². The van der Waals surface area contributed by atoms with Gasteiger partial charge in [-0.15, -0.1) is 0 Å². The maximum atomic E-state index is 13.4. The minimum atomic E-state index is -1.57. The molecule has 0 aliphatic carbocycles. The molecular weight excluding hydrogens is 226 g/mol. The Balaban J connectivity index is 3.49. The van der Waals surface area contributed by atoms with Crippen LogP contribution >= 0.6 is 11.6 Å². The molecule has 0 bridgehead atoms. The van der Waals surface area contributed by atoms with Crippen molar-refractivity contribution in [3.63, 3.8) is 0 Å². The van der Waals surface area contributed by atoms with Crippen LogP contribution in [0.2, 0.25) is 5.02 Å². The maximum absolute atomic E-state index is 13.4. The predicted molar refractivity (Wildman–Crippen MR) is 52.0 cm³/mol. The molecule has 0 unspecified atom stereocenters. The molecule has 15 heavy (non-hydrogen) atoms. The number of rotatable bonds is 2. The van der Waals surface area contributed by atoms with Gasteiger partial charge >= 0.3 is 5.97 Å². The fraction of sp³-hybridized carbons (Fsp3) is 0.300. The Morgan fingerprint density at radius 3 is 2.40 bits per heavy atom. The van der Waals surface area contributed by atoms with Crippen molar-refractivity contribution in [2.75, 3.05) is 0 Å². The van der Waals surface area contributed by atoms with Crippen molar-refractivity contribution in [2.45, 2.75) is 19.3 Å². The molecule has 0 aromatic heterocycles. The molecule has 0 aliphatic rings. The van der Waals surface area contributed by atoms with Gasteiger partial charge < -0.3 is 5.11 Å². The van der Waals surface area contributed by atoms with Crippen LogP contribution in [0.4, 0.5) is 8.78 Å². The lowest BCUT2D eigenvalue weighted by atomic mass is 9.84. The molecule has 0 fully saturated rings. The van der Waals surface area contributed by atoms with E-state index < -0.39 is 23.0 Å². The molecule has 0 radical (unpaired) electrons. The van der Waals surface area contributed by atoms with Crippen LogP contribution in [0.5, 0.6) is 0 Å². The van der Waals surface area contributed by atoms with Crippen LogP contribution in [0.25, 0.3) is 0 Å². The summed E-state index contributed by atoms with van der Waals surface area (Å²) in [7, 11) is 0. The summed E-state index contributed by atoms with van der Waals surface area (Å²) >= 11 is 5.66. The van der Waals surface area contributed by atoms with Crippen molar-refractivity contribution in [3.05, 3.63) is 34.4 Å². The van der Waals surface area contributed by atoms with Gasteiger partial charge in [-0.1, -0.05) is 11.6 Å². The lowest BCUT2D eigenvalue weighted by molar-refractivity contribution is -0.142. The maximum Gasteiger partial charge on any atom is 0.313 e. The van der Waals surface area contributed by atoms with Crippen molar-refractivity contribution in [2.24, 2.45) is 0 Å². The summed E-state index contributed by atoms with van der Waals surface area (Å²) in [4.78, 5) is 10.9. The molecule has 1 aromatic rings. The zero-order valence-corrected chi connectivity index (χ0v) is 8.90. The van der Waals surface area contributed by atoms with Crippen LogP contribution in [-0.4, -0.2) is 11.1 Å². The molecule has 0 spiro atoms. The smallest absolute Gasteiger partial charge is 0.313 e. The van der Waals surface area contributed by atoms with Gasteiger partial charge in [0.2, 0.25) is 0 Å². The summed E-state index contributed by atoms with van der Waals surface area (Å²) in [5.74, 6) is -3.59. The summed E-state index contributed by atoms with van der Waals surface area (Å²) in [6.07, 6.45) is 0. The summed E-state index contributed by atoms with van der Waals surface area (Å²) in [6, 6.07) is 2.00. The van der Waals surface area contributed by atoms with Crippen molar-refractivity contribution in [1.29, 1.82) is 0 Å². The van der Waals surface area contributed by atoms with E-state index in [-0.39, 0.29) is 10.6 Å². The number of carboxylic acids is 1. The highest BCUT2D eigenvalue weighted by atomic mass is 35.5. The van der Waals surface area contributed by atoms with E-state index in [4.69, 9.17) is 16.7 Å². The third kappa shape index (κ3) is 1.95. The summed E-state index contributed by atoms with van der Waals surface area (Å²) in [6.45, 7) is 2.53. The lowest BCUT2D eigenvalue weighted by Crippen LogP contribution is -2.30. The Hall–Kier alpha value is -1.16. The zero-order valence-electron chi connectivity index (χ0n) is 8.14. The molecule has 1 N–H and O–H groups in total. The first-order valence-electron chi connectivity index (χ1n) is 4.16. The summed E-state index contributed by atoms with van der Waals surface area (Å²) in [5.41, 5.74) is -1.90. The predicted octanol–water partition coefficient (Wildman–Crippen LogP) is 2.98. The first-order chi connectivity index (χ1) is 6.78. The number of carboxylic acid groups (broad SMARTS) is 1. The largest absolute Gasteiger partial charge is 0.481 e. The number of hydrogen-bond acceptors (Lipinski definition) is 1. The Morgan fingerprint density at radius 1 is 1.40 bits per heavy atom. The van der Waals surface area contributed by atoms with E-state index in [1.807, 2.05) is 0 Å². The SMILES string of the molecule is CC(C)(C(=O)O)c1c(Cl)ccc(F)c1F. The third-order valence-corrected chi connectivity index (χ3v) is 2.52. The van der Waals surface area contributed by atoms with Gasteiger partial charge in [0, 0.05) is 10.6 Å². The highest BCUT2D eigenvalue weighted by Gasteiger charge is 2.35.